The van der Waals surface area contributed by atoms with Crippen molar-refractivity contribution in [2.45, 2.75) is 19.4 Å². The summed E-state index contributed by atoms with van der Waals surface area (Å²) in [6.07, 6.45) is -0.130. The third-order valence-corrected chi connectivity index (χ3v) is 2.96. The number of benzene rings is 1. The lowest BCUT2D eigenvalue weighted by Gasteiger charge is -2.07. The van der Waals surface area contributed by atoms with Gasteiger partial charge in [-0.3, -0.25) is 4.79 Å². The van der Waals surface area contributed by atoms with Crippen LogP contribution in [0, 0.1) is 3.57 Å². The number of aliphatic hydroxyl groups excluding tert-OH is 1. The van der Waals surface area contributed by atoms with E-state index in [9.17, 15) is 4.79 Å². The zero-order valence-electron chi connectivity index (χ0n) is 8.53. The maximum absolute atomic E-state index is 11.4. The van der Waals surface area contributed by atoms with Crippen molar-refractivity contribution in [2.75, 3.05) is 6.54 Å². The number of hydrogen-bond acceptors (Lipinski definition) is 2. The fourth-order valence-corrected chi connectivity index (χ4v) is 1.72. The summed E-state index contributed by atoms with van der Waals surface area (Å²) in [5, 5.41) is 11.7. The number of hydrogen-bond donors (Lipinski definition) is 2. The maximum atomic E-state index is 11.4. The van der Waals surface area contributed by atoms with Gasteiger partial charge in [0.15, 0.2) is 0 Å². The van der Waals surface area contributed by atoms with Crippen molar-refractivity contribution in [2.24, 2.45) is 0 Å². The molecule has 0 aliphatic carbocycles. The third kappa shape index (κ3) is 4.61. The van der Waals surface area contributed by atoms with Gasteiger partial charge in [0.1, 0.15) is 0 Å². The summed E-state index contributed by atoms with van der Waals surface area (Å²) in [5.74, 6) is -0.0555. The Balaban J connectivity index is 2.48. The summed E-state index contributed by atoms with van der Waals surface area (Å²) >= 11 is 2.21. The molecule has 1 rings (SSSR count). The van der Waals surface area contributed by atoms with Gasteiger partial charge in [-0.1, -0.05) is 18.2 Å². The van der Waals surface area contributed by atoms with Crippen molar-refractivity contribution < 1.29 is 9.90 Å². The second kappa shape index (κ2) is 6.07. The Labute approximate surface area is 103 Å². The van der Waals surface area contributed by atoms with Crippen molar-refractivity contribution in [1.82, 2.24) is 5.32 Å². The van der Waals surface area contributed by atoms with Crippen LogP contribution >= 0.6 is 22.6 Å². The van der Waals surface area contributed by atoms with Gasteiger partial charge >= 0.3 is 0 Å². The molecule has 0 radical (unpaired) electrons. The van der Waals surface area contributed by atoms with E-state index < -0.39 is 6.10 Å². The largest absolute Gasteiger partial charge is 0.392 e. The molecular formula is C11H14INO2. The van der Waals surface area contributed by atoms with E-state index in [4.69, 9.17) is 5.11 Å². The molecule has 1 unspecified atom stereocenters. The summed E-state index contributed by atoms with van der Waals surface area (Å²) < 4.78 is 1.09. The lowest BCUT2D eigenvalue weighted by Crippen LogP contribution is -2.31. The molecule has 0 aromatic heterocycles. The van der Waals surface area contributed by atoms with Gasteiger partial charge in [0.05, 0.1) is 12.5 Å². The van der Waals surface area contributed by atoms with Crippen LogP contribution in [0.25, 0.3) is 0 Å². The van der Waals surface area contributed by atoms with E-state index in [1.807, 2.05) is 24.3 Å². The van der Waals surface area contributed by atoms with E-state index in [2.05, 4.69) is 27.9 Å². The second-order valence-corrected chi connectivity index (χ2v) is 4.58. The van der Waals surface area contributed by atoms with Crippen molar-refractivity contribution in [1.29, 1.82) is 0 Å². The van der Waals surface area contributed by atoms with Crippen LogP contribution in [-0.2, 0) is 11.2 Å². The minimum absolute atomic E-state index is 0.0555. The van der Waals surface area contributed by atoms with E-state index in [1.54, 1.807) is 6.92 Å². The number of halogens is 1. The van der Waals surface area contributed by atoms with E-state index in [0.717, 1.165) is 9.13 Å². The lowest BCUT2D eigenvalue weighted by atomic mass is 10.1. The molecule has 0 heterocycles. The van der Waals surface area contributed by atoms with Gasteiger partial charge in [-0.05, 0) is 41.1 Å². The summed E-state index contributed by atoms with van der Waals surface area (Å²) in [4.78, 5) is 11.4. The van der Waals surface area contributed by atoms with Gasteiger partial charge in [0.2, 0.25) is 5.91 Å². The van der Waals surface area contributed by atoms with Gasteiger partial charge < -0.3 is 10.4 Å². The fraction of sp³-hybridized carbons (Fsp3) is 0.364. The van der Waals surface area contributed by atoms with Crippen molar-refractivity contribution in [3.8, 4) is 0 Å². The number of amides is 1. The number of aliphatic hydroxyl groups is 1. The molecule has 1 aromatic rings. The summed E-state index contributed by atoms with van der Waals surface area (Å²) in [6, 6.07) is 7.76. The highest BCUT2D eigenvalue weighted by molar-refractivity contribution is 14.1. The first kappa shape index (κ1) is 12.4. The minimum Gasteiger partial charge on any atom is -0.392 e. The van der Waals surface area contributed by atoms with Crippen LogP contribution < -0.4 is 5.32 Å². The van der Waals surface area contributed by atoms with Crippen LogP contribution in [0.5, 0.6) is 0 Å². The van der Waals surface area contributed by atoms with Crippen LogP contribution in [0.15, 0.2) is 24.3 Å². The van der Waals surface area contributed by atoms with Crippen molar-refractivity contribution in [3.05, 3.63) is 33.4 Å². The Hall–Kier alpha value is -0.620. The highest BCUT2D eigenvalue weighted by Gasteiger charge is 2.06. The van der Waals surface area contributed by atoms with E-state index in [1.165, 1.54) is 0 Å². The van der Waals surface area contributed by atoms with Crippen LogP contribution in [0.3, 0.4) is 0 Å². The maximum Gasteiger partial charge on any atom is 0.224 e. The molecule has 15 heavy (non-hydrogen) atoms. The standard InChI is InChI=1S/C11H14INO2/c1-8(14)7-13-11(15)6-9-4-2-3-5-10(9)12/h2-5,8,14H,6-7H2,1H3,(H,13,15). The quantitative estimate of drug-likeness (QED) is 0.823. The Morgan fingerprint density at radius 3 is 2.80 bits per heavy atom. The fourth-order valence-electron chi connectivity index (χ4n) is 1.14. The molecule has 0 aliphatic rings. The first-order valence-electron chi connectivity index (χ1n) is 4.77. The van der Waals surface area contributed by atoms with Crippen molar-refractivity contribution >= 4 is 28.5 Å². The molecule has 1 atom stereocenters. The molecular weight excluding hydrogens is 305 g/mol. The van der Waals surface area contributed by atoms with E-state index >= 15 is 0 Å². The molecule has 1 aromatic carbocycles. The zero-order valence-corrected chi connectivity index (χ0v) is 10.7. The molecule has 0 spiro atoms. The SMILES string of the molecule is CC(O)CNC(=O)Cc1ccccc1I. The highest BCUT2D eigenvalue weighted by Crippen LogP contribution is 2.11. The molecule has 0 saturated carbocycles. The summed E-state index contributed by atoms with van der Waals surface area (Å²) in [5.41, 5.74) is 1.01. The molecule has 1 amide bonds. The zero-order chi connectivity index (χ0) is 11.3. The Bertz CT molecular complexity index is 339. The van der Waals surface area contributed by atoms with Gasteiger partial charge in [0, 0.05) is 10.1 Å². The predicted molar refractivity (Wildman–Crippen MR) is 67.6 cm³/mol. The van der Waals surface area contributed by atoms with Gasteiger partial charge in [-0.2, -0.15) is 0 Å². The minimum atomic E-state index is -0.496. The monoisotopic (exact) mass is 319 g/mol. The molecule has 0 bridgehead atoms. The van der Waals surface area contributed by atoms with Gasteiger partial charge in [0.25, 0.3) is 0 Å². The third-order valence-electron chi connectivity index (χ3n) is 1.90. The number of nitrogens with one attached hydrogen (secondary N) is 1. The average Bonchev–Trinajstić information content (AvgIpc) is 2.18. The summed E-state index contributed by atoms with van der Waals surface area (Å²) in [6.45, 7) is 1.95. The molecule has 0 saturated heterocycles. The molecule has 0 aliphatic heterocycles. The second-order valence-electron chi connectivity index (χ2n) is 3.42. The average molecular weight is 319 g/mol. The first-order valence-corrected chi connectivity index (χ1v) is 5.85. The van der Waals surface area contributed by atoms with Gasteiger partial charge in [-0.15, -0.1) is 0 Å². The number of carbonyl (C=O) groups is 1. The highest BCUT2D eigenvalue weighted by atomic mass is 127. The predicted octanol–water partition coefficient (Wildman–Crippen LogP) is 1.33. The van der Waals surface area contributed by atoms with Crippen molar-refractivity contribution in [3.63, 3.8) is 0 Å². The lowest BCUT2D eigenvalue weighted by molar-refractivity contribution is -0.120. The first-order chi connectivity index (χ1) is 7.09. The Morgan fingerprint density at radius 1 is 1.53 bits per heavy atom. The molecule has 0 fully saturated rings. The number of rotatable bonds is 4. The van der Waals surface area contributed by atoms with Crippen LogP contribution in [0.1, 0.15) is 12.5 Å². The molecule has 2 N–H and O–H groups in total. The van der Waals surface area contributed by atoms with Gasteiger partial charge in [-0.25, -0.2) is 0 Å². The van der Waals surface area contributed by atoms with E-state index in [-0.39, 0.29) is 5.91 Å². The topological polar surface area (TPSA) is 49.3 Å². The molecule has 82 valence electrons. The normalized spacial score (nSPS) is 12.2. The van der Waals surface area contributed by atoms with Crippen LogP contribution in [0.2, 0.25) is 0 Å². The molecule has 3 nitrogen and oxygen atoms in total. The molecule has 4 heteroatoms. The number of carbonyl (C=O) groups excluding carboxylic acids is 1. The van der Waals surface area contributed by atoms with E-state index in [0.29, 0.717) is 13.0 Å². The van der Waals surface area contributed by atoms with Crippen LogP contribution in [-0.4, -0.2) is 23.7 Å². The Kier molecular flexibility index (Phi) is 5.04. The summed E-state index contributed by atoms with van der Waals surface area (Å²) in [7, 11) is 0. The smallest absolute Gasteiger partial charge is 0.224 e. The Morgan fingerprint density at radius 2 is 2.20 bits per heavy atom. The van der Waals surface area contributed by atoms with Crippen LogP contribution in [0.4, 0.5) is 0 Å².